The Kier molecular flexibility index (Phi) is 5.91. The Labute approximate surface area is 134 Å². The maximum atomic E-state index is 3.69. The second-order valence-electron chi connectivity index (χ2n) is 6.82. The van der Waals surface area contributed by atoms with E-state index in [9.17, 15) is 0 Å². The van der Waals surface area contributed by atoms with E-state index in [0.717, 1.165) is 0 Å². The van der Waals surface area contributed by atoms with Crippen LogP contribution < -0.4 is 10.6 Å². The molecule has 2 aliphatic heterocycles. The molecule has 2 N–H and O–H groups in total. The second kappa shape index (κ2) is 7.48. The van der Waals surface area contributed by atoms with Gasteiger partial charge in [-0.2, -0.15) is 0 Å². The molecule has 1 aromatic carbocycles. The summed E-state index contributed by atoms with van der Waals surface area (Å²) in [6.45, 7) is 8.50. The van der Waals surface area contributed by atoms with Gasteiger partial charge in [-0.15, -0.1) is 12.4 Å². The third kappa shape index (κ3) is 4.60. The van der Waals surface area contributed by atoms with Crippen molar-refractivity contribution in [2.24, 2.45) is 5.41 Å². The normalized spacial score (nSPS) is 29.9. The van der Waals surface area contributed by atoms with Crippen LogP contribution in [0.2, 0.25) is 0 Å². The predicted octanol–water partition coefficient (Wildman–Crippen LogP) is 2.98. The first kappa shape index (κ1) is 16.6. The Balaban J connectivity index is 0.00000161. The van der Waals surface area contributed by atoms with Crippen molar-refractivity contribution >= 4 is 18.1 Å². The smallest absolute Gasteiger partial charge is 0.0388 e. The molecule has 3 nitrogen and oxygen atoms in total. The highest BCUT2D eigenvalue weighted by atomic mass is 35.5. The number of halogens is 1. The number of para-hydroxylation sites is 1. The summed E-state index contributed by atoms with van der Waals surface area (Å²) in [7, 11) is 0. The molecule has 0 saturated carbocycles. The monoisotopic (exact) mass is 309 g/mol. The molecule has 2 unspecified atom stereocenters. The summed E-state index contributed by atoms with van der Waals surface area (Å²) in [5, 5.41) is 7.20. The largest absolute Gasteiger partial charge is 0.381 e. The number of anilines is 1. The summed E-state index contributed by atoms with van der Waals surface area (Å²) in [5.74, 6) is 0. The number of piperidine rings is 1. The molecule has 21 heavy (non-hydrogen) atoms. The Bertz CT molecular complexity index is 417. The van der Waals surface area contributed by atoms with Crippen LogP contribution >= 0.6 is 12.4 Å². The van der Waals surface area contributed by atoms with E-state index >= 15 is 0 Å². The van der Waals surface area contributed by atoms with E-state index in [1.54, 1.807) is 0 Å². The number of hydrogen-bond acceptors (Lipinski definition) is 3. The van der Waals surface area contributed by atoms with Crippen LogP contribution in [0.4, 0.5) is 5.69 Å². The molecule has 2 heterocycles. The lowest BCUT2D eigenvalue weighted by molar-refractivity contribution is 0.146. The fourth-order valence-corrected chi connectivity index (χ4v) is 3.63. The minimum Gasteiger partial charge on any atom is -0.381 e. The first-order valence-electron chi connectivity index (χ1n) is 7.98. The fraction of sp³-hybridized carbons (Fsp3) is 0.647. The van der Waals surface area contributed by atoms with Crippen LogP contribution in [0.5, 0.6) is 0 Å². The molecule has 2 aliphatic rings. The number of likely N-dealkylation sites (tertiary alicyclic amines) is 1. The van der Waals surface area contributed by atoms with Gasteiger partial charge in [0.15, 0.2) is 0 Å². The minimum absolute atomic E-state index is 0. The van der Waals surface area contributed by atoms with Crippen LogP contribution in [0.3, 0.4) is 0 Å². The van der Waals surface area contributed by atoms with Gasteiger partial charge in [0.1, 0.15) is 0 Å². The molecule has 0 aromatic heterocycles. The highest BCUT2D eigenvalue weighted by Crippen LogP contribution is 2.27. The van der Waals surface area contributed by atoms with E-state index in [2.05, 4.69) is 52.8 Å². The van der Waals surface area contributed by atoms with Crippen molar-refractivity contribution < 1.29 is 0 Å². The molecular formula is C17H28ClN3. The van der Waals surface area contributed by atoms with Gasteiger partial charge in [-0.3, -0.25) is 0 Å². The molecule has 0 radical (unpaired) electrons. The fourth-order valence-electron chi connectivity index (χ4n) is 3.63. The van der Waals surface area contributed by atoms with Gasteiger partial charge in [-0.1, -0.05) is 25.1 Å². The van der Waals surface area contributed by atoms with Gasteiger partial charge in [0.2, 0.25) is 0 Å². The molecule has 2 fully saturated rings. The Morgan fingerprint density at radius 1 is 1.33 bits per heavy atom. The molecule has 0 bridgehead atoms. The van der Waals surface area contributed by atoms with Gasteiger partial charge in [0.25, 0.3) is 0 Å². The maximum absolute atomic E-state index is 3.69. The van der Waals surface area contributed by atoms with Gasteiger partial charge in [0, 0.05) is 31.4 Å². The number of hydrogen-bond donors (Lipinski definition) is 2. The zero-order valence-corrected chi connectivity index (χ0v) is 13.8. The topological polar surface area (TPSA) is 27.3 Å². The third-order valence-electron chi connectivity index (χ3n) is 4.71. The average molecular weight is 310 g/mol. The standard InChI is InChI=1S/C17H27N3.ClH/c1-17(9-10-18-13-17)14-20-11-5-8-16(12-20)19-15-6-3-2-4-7-15;/h2-4,6-7,16,18-19H,5,8-14H2,1H3;1H. The molecule has 1 aromatic rings. The minimum atomic E-state index is 0. The van der Waals surface area contributed by atoms with Gasteiger partial charge < -0.3 is 15.5 Å². The highest BCUT2D eigenvalue weighted by Gasteiger charge is 2.32. The average Bonchev–Trinajstić information content (AvgIpc) is 2.87. The van der Waals surface area contributed by atoms with Gasteiger partial charge >= 0.3 is 0 Å². The van der Waals surface area contributed by atoms with E-state index < -0.39 is 0 Å². The summed E-state index contributed by atoms with van der Waals surface area (Å²) in [4.78, 5) is 2.66. The summed E-state index contributed by atoms with van der Waals surface area (Å²) in [6.07, 6.45) is 3.93. The first-order valence-corrected chi connectivity index (χ1v) is 7.98. The van der Waals surface area contributed by atoms with Crippen LogP contribution in [0.15, 0.2) is 30.3 Å². The van der Waals surface area contributed by atoms with Crippen LogP contribution in [-0.4, -0.2) is 43.7 Å². The Morgan fingerprint density at radius 2 is 2.14 bits per heavy atom. The molecular weight excluding hydrogens is 282 g/mol. The van der Waals surface area contributed by atoms with Crippen molar-refractivity contribution in [1.82, 2.24) is 10.2 Å². The summed E-state index contributed by atoms with van der Waals surface area (Å²) in [5.41, 5.74) is 1.74. The number of nitrogens with one attached hydrogen (secondary N) is 2. The van der Waals surface area contributed by atoms with E-state index in [1.807, 2.05) is 0 Å². The number of rotatable bonds is 4. The summed E-state index contributed by atoms with van der Waals surface area (Å²) in [6, 6.07) is 11.2. The third-order valence-corrected chi connectivity index (χ3v) is 4.71. The molecule has 2 saturated heterocycles. The lowest BCUT2D eigenvalue weighted by Crippen LogP contribution is -2.46. The number of benzene rings is 1. The van der Waals surface area contributed by atoms with Crippen LogP contribution in [-0.2, 0) is 0 Å². The van der Waals surface area contributed by atoms with Crippen molar-refractivity contribution in [2.45, 2.75) is 32.2 Å². The lowest BCUT2D eigenvalue weighted by Gasteiger charge is -2.38. The zero-order chi connectivity index (χ0) is 13.8. The molecule has 4 heteroatoms. The van der Waals surface area contributed by atoms with Gasteiger partial charge in [-0.05, 0) is 49.9 Å². The van der Waals surface area contributed by atoms with Crippen LogP contribution in [0, 0.1) is 5.41 Å². The Hall–Kier alpha value is -0.770. The van der Waals surface area contributed by atoms with E-state index in [-0.39, 0.29) is 12.4 Å². The second-order valence-corrected chi connectivity index (χ2v) is 6.82. The van der Waals surface area contributed by atoms with Gasteiger partial charge in [0.05, 0.1) is 0 Å². The molecule has 0 aliphatic carbocycles. The molecule has 0 spiro atoms. The summed E-state index contributed by atoms with van der Waals surface area (Å²) < 4.78 is 0. The van der Waals surface area contributed by atoms with Gasteiger partial charge in [-0.25, -0.2) is 0 Å². The van der Waals surface area contributed by atoms with Crippen molar-refractivity contribution in [3.05, 3.63) is 30.3 Å². The predicted molar refractivity (Wildman–Crippen MR) is 92.4 cm³/mol. The SMILES string of the molecule is CC1(CN2CCCC(Nc3ccccc3)C2)CCNC1.Cl. The molecule has 3 rings (SSSR count). The molecule has 2 atom stereocenters. The Morgan fingerprint density at radius 3 is 2.86 bits per heavy atom. The van der Waals surface area contributed by atoms with E-state index in [0.29, 0.717) is 11.5 Å². The van der Waals surface area contributed by atoms with Crippen molar-refractivity contribution in [3.8, 4) is 0 Å². The van der Waals surface area contributed by atoms with Crippen molar-refractivity contribution in [2.75, 3.05) is 38.0 Å². The van der Waals surface area contributed by atoms with Crippen molar-refractivity contribution in [3.63, 3.8) is 0 Å². The highest BCUT2D eigenvalue weighted by molar-refractivity contribution is 5.85. The zero-order valence-electron chi connectivity index (χ0n) is 13.0. The molecule has 0 amide bonds. The number of nitrogens with zero attached hydrogens (tertiary/aromatic N) is 1. The molecule has 118 valence electrons. The van der Waals surface area contributed by atoms with E-state index in [4.69, 9.17) is 0 Å². The van der Waals surface area contributed by atoms with Crippen LogP contribution in [0.25, 0.3) is 0 Å². The van der Waals surface area contributed by atoms with Crippen molar-refractivity contribution in [1.29, 1.82) is 0 Å². The lowest BCUT2D eigenvalue weighted by atomic mass is 9.88. The summed E-state index contributed by atoms with van der Waals surface area (Å²) >= 11 is 0. The quantitative estimate of drug-likeness (QED) is 0.895. The first-order chi connectivity index (χ1) is 9.73. The van der Waals surface area contributed by atoms with E-state index in [1.165, 1.54) is 57.7 Å². The van der Waals surface area contributed by atoms with Crippen LogP contribution in [0.1, 0.15) is 26.2 Å². The maximum Gasteiger partial charge on any atom is 0.0388 e.